The maximum atomic E-state index is 3.52. The molecule has 1 fully saturated rings. The SMILES string of the molecule is CC(C)CNCCN1CC(C)C(N(C)C)C1. The van der Waals surface area contributed by atoms with Crippen LogP contribution in [-0.2, 0) is 0 Å². The van der Waals surface area contributed by atoms with E-state index in [9.17, 15) is 0 Å². The van der Waals surface area contributed by atoms with Crippen LogP contribution < -0.4 is 5.32 Å². The van der Waals surface area contributed by atoms with Crippen LogP contribution >= 0.6 is 0 Å². The Labute approximate surface area is 101 Å². The van der Waals surface area contributed by atoms with Crippen LogP contribution in [0.25, 0.3) is 0 Å². The summed E-state index contributed by atoms with van der Waals surface area (Å²) < 4.78 is 0. The van der Waals surface area contributed by atoms with Crippen LogP contribution in [0.4, 0.5) is 0 Å². The highest BCUT2D eigenvalue weighted by atomic mass is 15.2. The van der Waals surface area contributed by atoms with E-state index in [1.807, 2.05) is 0 Å². The van der Waals surface area contributed by atoms with Gasteiger partial charge >= 0.3 is 0 Å². The lowest BCUT2D eigenvalue weighted by molar-refractivity contribution is 0.252. The summed E-state index contributed by atoms with van der Waals surface area (Å²) in [5.41, 5.74) is 0. The molecule has 0 bridgehead atoms. The van der Waals surface area contributed by atoms with E-state index in [4.69, 9.17) is 0 Å². The number of nitrogens with one attached hydrogen (secondary N) is 1. The lowest BCUT2D eigenvalue weighted by Gasteiger charge is -2.22. The second-order valence-electron chi connectivity index (χ2n) is 5.87. The van der Waals surface area contributed by atoms with Crippen molar-refractivity contribution in [3.8, 4) is 0 Å². The van der Waals surface area contributed by atoms with Crippen LogP contribution in [0, 0.1) is 11.8 Å². The van der Waals surface area contributed by atoms with Crippen molar-refractivity contribution in [1.29, 1.82) is 0 Å². The van der Waals surface area contributed by atoms with Crippen molar-refractivity contribution >= 4 is 0 Å². The predicted octanol–water partition coefficient (Wildman–Crippen LogP) is 1.11. The Morgan fingerprint density at radius 3 is 2.50 bits per heavy atom. The fourth-order valence-corrected chi connectivity index (χ4v) is 2.53. The molecule has 3 heteroatoms. The molecular formula is C13H29N3. The molecule has 96 valence electrons. The van der Waals surface area contributed by atoms with Crippen LogP contribution in [0.15, 0.2) is 0 Å². The first kappa shape index (κ1) is 13.9. The molecule has 1 heterocycles. The van der Waals surface area contributed by atoms with Crippen LogP contribution in [0.3, 0.4) is 0 Å². The first-order valence-corrected chi connectivity index (χ1v) is 6.60. The van der Waals surface area contributed by atoms with Crippen molar-refractivity contribution in [3.63, 3.8) is 0 Å². The Morgan fingerprint density at radius 1 is 1.31 bits per heavy atom. The summed E-state index contributed by atoms with van der Waals surface area (Å²) in [5.74, 6) is 1.56. The molecular weight excluding hydrogens is 198 g/mol. The molecule has 0 aromatic rings. The van der Waals surface area contributed by atoms with Gasteiger partial charge < -0.3 is 15.1 Å². The van der Waals surface area contributed by atoms with E-state index in [1.54, 1.807) is 0 Å². The van der Waals surface area contributed by atoms with Crippen LogP contribution in [0.1, 0.15) is 20.8 Å². The van der Waals surface area contributed by atoms with Gasteiger partial charge in [0.2, 0.25) is 0 Å². The monoisotopic (exact) mass is 227 g/mol. The van der Waals surface area contributed by atoms with E-state index >= 15 is 0 Å². The molecule has 0 radical (unpaired) electrons. The van der Waals surface area contributed by atoms with Crippen LogP contribution in [-0.4, -0.2) is 62.7 Å². The summed E-state index contributed by atoms with van der Waals surface area (Å²) >= 11 is 0. The molecule has 1 aliphatic rings. The molecule has 2 unspecified atom stereocenters. The Hall–Kier alpha value is -0.120. The van der Waals surface area contributed by atoms with Crippen molar-refractivity contribution in [2.75, 3.05) is 46.8 Å². The standard InChI is InChI=1S/C13H29N3/c1-11(2)8-14-6-7-16-9-12(3)13(10-16)15(4)5/h11-14H,6-10H2,1-5H3. The molecule has 1 aliphatic heterocycles. The van der Waals surface area contributed by atoms with Crippen molar-refractivity contribution < 1.29 is 0 Å². The van der Waals surface area contributed by atoms with E-state index in [0.29, 0.717) is 0 Å². The van der Waals surface area contributed by atoms with Gasteiger partial charge in [0, 0.05) is 32.2 Å². The minimum Gasteiger partial charge on any atom is -0.315 e. The number of likely N-dealkylation sites (N-methyl/N-ethyl adjacent to an activating group) is 1. The third-order valence-corrected chi connectivity index (χ3v) is 3.47. The average Bonchev–Trinajstić information content (AvgIpc) is 2.54. The second kappa shape index (κ2) is 6.58. The van der Waals surface area contributed by atoms with Crippen molar-refractivity contribution in [1.82, 2.24) is 15.1 Å². The molecule has 0 amide bonds. The lowest BCUT2D eigenvalue weighted by Crippen LogP contribution is -2.36. The molecule has 0 spiro atoms. The summed E-state index contributed by atoms with van der Waals surface area (Å²) in [6.07, 6.45) is 0. The Bertz CT molecular complexity index is 192. The molecule has 1 saturated heterocycles. The number of likely N-dealkylation sites (tertiary alicyclic amines) is 1. The normalized spacial score (nSPS) is 27.2. The van der Waals surface area contributed by atoms with Crippen molar-refractivity contribution in [2.45, 2.75) is 26.8 Å². The summed E-state index contributed by atoms with van der Waals surface area (Å²) in [4.78, 5) is 4.95. The Morgan fingerprint density at radius 2 is 2.00 bits per heavy atom. The molecule has 0 aliphatic carbocycles. The highest BCUT2D eigenvalue weighted by molar-refractivity contribution is 4.86. The summed E-state index contributed by atoms with van der Waals surface area (Å²) in [6.45, 7) is 12.8. The largest absolute Gasteiger partial charge is 0.315 e. The minimum atomic E-state index is 0.741. The van der Waals surface area contributed by atoms with Crippen molar-refractivity contribution in [2.24, 2.45) is 11.8 Å². The van der Waals surface area contributed by atoms with Gasteiger partial charge in [0.1, 0.15) is 0 Å². The van der Waals surface area contributed by atoms with Gasteiger partial charge in [-0.2, -0.15) is 0 Å². The Balaban J connectivity index is 2.16. The fraction of sp³-hybridized carbons (Fsp3) is 1.00. The van der Waals surface area contributed by atoms with E-state index in [2.05, 4.69) is 50.0 Å². The van der Waals surface area contributed by atoms with Gasteiger partial charge in [0.15, 0.2) is 0 Å². The van der Waals surface area contributed by atoms with Gasteiger partial charge in [-0.1, -0.05) is 20.8 Å². The molecule has 0 aromatic heterocycles. The van der Waals surface area contributed by atoms with Gasteiger partial charge in [-0.25, -0.2) is 0 Å². The van der Waals surface area contributed by atoms with Crippen molar-refractivity contribution in [3.05, 3.63) is 0 Å². The fourth-order valence-electron chi connectivity index (χ4n) is 2.53. The summed E-state index contributed by atoms with van der Waals surface area (Å²) in [7, 11) is 4.39. The molecule has 1 rings (SSSR count). The van der Waals surface area contributed by atoms with E-state index < -0.39 is 0 Å². The number of hydrogen-bond donors (Lipinski definition) is 1. The molecule has 0 saturated carbocycles. The first-order valence-electron chi connectivity index (χ1n) is 6.60. The van der Waals surface area contributed by atoms with Gasteiger partial charge in [-0.15, -0.1) is 0 Å². The highest BCUT2D eigenvalue weighted by Crippen LogP contribution is 2.19. The first-order chi connectivity index (χ1) is 7.50. The zero-order valence-corrected chi connectivity index (χ0v) is 11.7. The third-order valence-electron chi connectivity index (χ3n) is 3.47. The zero-order valence-electron chi connectivity index (χ0n) is 11.7. The molecule has 16 heavy (non-hydrogen) atoms. The van der Waals surface area contributed by atoms with E-state index in [-0.39, 0.29) is 0 Å². The molecule has 2 atom stereocenters. The van der Waals surface area contributed by atoms with Gasteiger partial charge in [0.25, 0.3) is 0 Å². The molecule has 0 aromatic carbocycles. The molecule has 3 nitrogen and oxygen atoms in total. The number of rotatable bonds is 6. The predicted molar refractivity (Wildman–Crippen MR) is 70.8 cm³/mol. The van der Waals surface area contributed by atoms with Gasteiger partial charge in [0.05, 0.1) is 0 Å². The maximum Gasteiger partial charge on any atom is 0.0254 e. The smallest absolute Gasteiger partial charge is 0.0254 e. The highest BCUT2D eigenvalue weighted by Gasteiger charge is 2.30. The zero-order chi connectivity index (χ0) is 12.1. The number of nitrogens with zero attached hydrogens (tertiary/aromatic N) is 2. The van der Waals surface area contributed by atoms with Gasteiger partial charge in [-0.3, -0.25) is 0 Å². The molecule has 1 N–H and O–H groups in total. The van der Waals surface area contributed by atoms with E-state index in [1.165, 1.54) is 19.6 Å². The van der Waals surface area contributed by atoms with Crippen LogP contribution in [0.2, 0.25) is 0 Å². The minimum absolute atomic E-state index is 0.741. The topological polar surface area (TPSA) is 18.5 Å². The Kier molecular flexibility index (Phi) is 5.73. The summed E-state index contributed by atoms with van der Waals surface area (Å²) in [6, 6.07) is 0.741. The van der Waals surface area contributed by atoms with Gasteiger partial charge in [-0.05, 0) is 32.5 Å². The average molecular weight is 227 g/mol. The summed E-state index contributed by atoms with van der Waals surface area (Å²) in [5, 5.41) is 3.52. The quantitative estimate of drug-likeness (QED) is 0.686. The third kappa shape index (κ3) is 4.40. The van der Waals surface area contributed by atoms with Crippen LogP contribution in [0.5, 0.6) is 0 Å². The lowest BCUT2D eigenvalue weighted by atomic mass is 10.1. The second-order valence-corrected chi connectivity index (χ2v) is 5.87. The van der Waals surface area contributed by atoms with E-state index in [0.717, 1.165) is 31.0 Å². The number of hydrogen-bond acceptors (Lipinski definition) is 3. The maximum absolute atomic E-state index is 3.52.